The second-order valence-electron chi connectivity index (χ2n) is 8.38. The zero-order valence-corrected chi connectivity index (χ0v) is 19.1. The van der Waals surface area contributed by atoms with Gasteiger partial charge < -0.3 is 13.9 Å². The molecule has 0 radical (unpaired) electrons. The van der Waals surface area contributed by atoms with Crippen molar-refractivity contribution in [2.24, 2.45) is 0 Å². The van der Waals surface area contributed by atoms with Crippen LogP contribution in [0.5, 0.6) is 5.75 Å². The molecule has 2 atom stereocenters. The monoisotopic (exact) mass is 489 g/mol. The van der Waals surface area contributed by atoms with Gasteiger partial charge in [-0.1, -0.05) is 41.9 Å². The van der Waals surface area contributed by atoms with Crippen molar-refractivity contribution in [2.75, 3.05) is 0 Å². The van der Waals surface area contributed by atoms with Gasteiger partial charge in [-0.15, -0.1) is 0 Å². The number of halogens is 2. The topological polar surface area (TPSA) is 70.7 Å². The van der Waals surface area contributed by atoms with Crippen molar-refractivity contribution < 1.29 is 18.3 Å². The van der Waals surface area contributed by atoms with Crippen LogP contribution >= 0.6 is 11.6 Å². The number of hydrogen-bond donors (Lipinski definition) is 0. The van der Waals surface area contributed by atoms with E-state index in [9.17, 15) is 14.0 Å². The van der Waals surface area contributed by atoms with E-state index in [1.807, 2.05) is 19.1 Å². The molecule has 0 N–H and O–H groups in total. The fourth-order valence-corrected chi connectivity index (χ4v) is 4.69. The largest absolute Gasteiger partial charge is 0.456 e. The molecule has 35 heavy (non-hydrogen) atoms. The highest BCUT2D eigenvalue weighted by atomic mass is 35.5. The summed E-state index contributed by atoms with van der Waals surface area (Å²) in [4.78, 5) is 26.8. The van der Waals surface area contributed by atoms with E-state index in [2.05, 4.69) is 0 Å². The summed E-state index contributed by atoms with van der Waals surface area (Å²) in [5, 5.41) is 0.425. The lowest BCUT2D eigenvalue weighted by Gasteiger charge is -2.27. The molecule has 6 nitrogen and oxygen atoms in total. The van der Waals surface area contributed by atoms with Crippen molar-refractivity contribution in [3.05, 3.63) is 127 Å². The van der Waals surface area contributed by atoms with E-state index in [4.69, 9.17) is 25.5 Å². The van der Waals surface area contributed by atoms with Gasteiger partial charge in [0.1, 0.15) is 23.4 Å². The first-order chi connectivity index (χ1) is 16.9. The Bertz CT molecular complexity index is 1640. The van der Waals surface area contributed by atoms with Crippen molar-refractivity contribution >= 4 is 11.6 Å². The molecule has 0 bridgehead atoms. The predicted molar refractivity (Wildman–Crippen MR) is 127 cm³/mol. The zero-order chi connectivity index (χ0) is 24.3. The average Bonchev–Trinajstić information content (AvgIpc) is 3.26. The Hall–Kier alpha value is -4.10. The molecule has 1 aliphatic heterocycles. The fraction of sp³-hybridized carbons (Fsp3) is 0.111. The Morgan fingerprint density at radius 2 is 1.80 bits per heavy atom. The molecule has 2 unspecified atom stereocenters. The first kappa shape index (κ1) is 21.4. The van der Waals surface area contributed by atoms with E-state index < -0.39 is 23.3 Å². The van der Waals surface area contributed by atoms with Gasteiger partial charge in [0.2, 0.25) is 0 Å². The second-order valence-corrected chi connectivity index (χ2v) is 8.79. The maximum Gasteiger partial charge on any atom is 0.426 e. The molecule has 0 spiro atoms. The Kier molecular flexibility index (Phi) is 4.89. The summed E-state index contributed by atoms with van der Waals surface area (Å²) in [5.74, 6) is -1.01. The predicted octanol–water partition coefficient (Wildman–Crippen LogP) is 5.65. The third-order valence-electron chi connectivity index (χ3n) is 6.23. The zero-order valence-electron chi connectivity index (χ0n) is 18.3. The first-order valence-electron chi connectivity index (χ1n) is 10.9. The normalized spacial score (nSPS) is 17.6. The van der Waals surface area contributed by atoms with Gasteiger partial charge in [-0.2, -0.15) is 0 Å². The summed E-state index contributed by atoms with van der Waals surface area (Å²) in [6.45, 7) is 1.83. The molecule has 2 aliphatic rings. The maximum atomic E-state index is 13.8. The number of hydrogen-bond acceptors (Lipinski definition) is 5. The summed E-state index contributed by atoms with van der Waals surface area (Å²) < 4.78 is 31.9. The molecule has 3 aromatic carbocycles. The summed E-state index contributed by atoms with van der Waals surface area (Å²) in [6.07, 6.45) is 1.11. The number of nitrogens with zero attached hydrogens (tertiary/aromatic N) is 1. The Morgan fingerprint density at radius 3 is 2.57 bits per heavy atom. The summed E-state index contributed by atoms with van der Waals surface area (Å²) >= 11 is 6.26. The van der Waals surface area contributed by atoms with Crippen LogP contribution in [0.3, 0.4) is 0 Å². The van der Waals surface area contributed by atoms with Crippen molar-refractivity contribution in [3.8, 4) is 22.8 Å². The maximum absolute atomic E-state index is 13.8. The van der Waals surface area contributed by atoms with Gasteiger partial charge in [0.25, 0.3) is 11.5 Å². The Labute approximate surface area is 203 Å². The highest BCUT2D eigenvalue weighted by molar-refractivity contribution is 6.31. The van der Waals surface area contributed by atoms with Crippen LogP contribution in [0.15, 0.2) is 92.8 Å². The van der Waals surface area contributed by atoms with Crippen LogP contribution in [0.1, 0.15) is 28.7 Å². The number of aryl methyl sites for hydroxylation is 1. The lowest BCUT2D eigenvalue weighted by atomic mass is 9.81. The van der Waals surface area contributed by atoms with E-state index in [0.29, 0.717) is 22.0 Å². The first-order valence-corrected chi connectivity index (χ1v) is 11.3. The molecular formula is C27H17ClFNO5. The van der Waals surface area contributed by atoms with Crippen LogP contribution in [0.2, 0.25) is 5.02 Å². The average molecular weight is 490 g/mol. The van der Waals surface area contributed by atoms with Crippen LogP contribution in [-0.4, -0.2) is 4.57 Å². The highest BCUT2D eigenvalue weighted by Gasteiger charge is 2.43. The quantitative estimate of drug-likeness (QED) is 0.372. The van der Waals surface area contributed by atoms with Crippen LogP contribution in [-0.2, 0) is 4.74 Å². The molecule has 2 heterocycles. The van der Waals surface area contributed by atoms with Crippen LogP contribution in [0.4, 0.5) is 4.39 Å². The van der Waals surface area contributed by atoms with Crippen LogP contribution < -0.4 is 16.1 Å². The van der Waals surface area contributed by atoms with E-state index >= 15 is 0 Å². The van der Waals surface area contributed by atoms with Gasteiger partial charge in [-0.3, -0.25) is 4.79 Å². The van der Waals surface area contributed by atoms with Crippen LogP contribution in [0, 0.1) is 12.7 Å². The number of benzene rings is 3. The molecule has 174 valence electrons. The molecule has 0 saturated heterocycles. The van der Waals surface area contributed by atoms with Crippen LogP contribution in [0.25, 0.3) is 17.0 Å². The lowest BCUT2D eigenvalue weighted by Crippen LogP contribution is -2.36. The van der Waals surface area contributed by atoms with Gasteiger partial charge in [-0.25, -0.2) is 13.8 Å². The second kappa shape index (κ2) is 7.99. The van der Waals surface area contributed by atoms with Crippen molar-refractivity contribution in [1.82, 2.24) is 4.57 Å². The van der Waals surface area contributed by atoms with Crippen molar-refractivity contribution in [2.45, 2.75) is 18.9 Å². The molecule has 8 heteroatoms. The van der Waals surface area contributed by atoms with Crippen molar-refractivity contribution in [3.63, 3.8) is 0 Å². The fourth-order valence-electron chi connectivity index (χ4n) is 4.52. The minimum absolute atomic E-state index is 0.171. The number of aromatic nitrogens is 1. The van der Waals surface area contributed by atoms with Gasteiger partial charge in [0.05, 0.1) is 17.2 Å². The number of fused-ring (bicyclic) bond motifs is 6. The molecule has 1 aliphatic carbocycles. The third-order valence-corrected chi connectivity index (χ3v) is 6.63. The molecule has 0 amide bonds. The molecule has 1 aromatic heterocycles. The molecular weight excluding hydrogens is 473 g/mol. The minimum atomic E-state index is -0.812. The van der Waals surface area contributed by atoms with Gasteiger partial charge >= 0.3 is 5.76 Å². The number of ether oxygens (including phenoxy) is 2. The third kappa shape index (κ3) is 3.47. The lowest BCUT2D eigenvalue weighted by molar-refractivity contribution is 0.0599. The molecule has 4 aromatic rings. The Balaban J connectivity index is 1.53. The SMILES string of the molecule is Cc1ccc(-n2c(=O)oc3c(c2=O)C2C=C(Oc4ccc(F)cc4)OC2c2ccccc2-3)cc1Cl. The van der Waals surface area contributed by atoms with Crippen molar-refractivity contribution in [1.29, 1.82) is 0 Å². The van der Waals surface area contributed by atoms with Gasteiger partial charge in [0, 0.05) is 22.2 Å². The highest BCUT2D eigenvalue weighted by Crippen LogP contribution is 2.51. The summed E-state index contributed by atoms with van der Waals surface area (Å²) in [7, 11) is 0. The number of rotatable bonds is 3. The molecule has 6 rings (SSSR count). The standard InChI is InChI=1S/C27H17ClFNO5/c1-14-6-9-16(12-21(14)28)30-26(31)23-20-13-22(33-17-10-7-15(29)8-11-17)34-24(20)18-4-2-3-5-19(18)25(23)35-27(30)32/h2-13,20,24H,1H3. The smallest absolute Gasteiger partial charge is 0.426 e. The Morgan fingerprint density at radius 1 is 1.03 bits per heavy atom. The molecule has 0 saturated carbocycles. The minimum Gasteiger partial charge on any atom is -0.456 e. The summed E-state index contributed by atoms with van der Waals surface area (Å²) in [6, 6.07) is 17.7. The van der Waals surface area contributed by atoms with E-state index in [0.717, 1.165) is 15.7 Å². The molecule has 0 fully saturated rings. The van der Waals surface area contributed by atoms with E-state index in [1.54, 1.807) is 36.4 Å². The summed E-state index contributed by atoms with van der Waals surface area (Å²) in [5.41, 5.74) is 2.24. The van der Waals surface area contributed by atoms with Gasteiger partial charge in [-0.05, 0) is 48.9 Å². The van der Waals surface area contributed by atoms with Gasteiger partial charge in [0.15, 0.2) is 0 Å². The van der Waals surface area contributed by atoms with E-state index in [-0.39, 0.29) is 23.1 Å². The van der Waals surface area contributed by atoms with E-state index in [1.165, 1.54) is 24.3 Å².